The Labute approximate surface area is 225 Å². The minimum atomic E-state index is 0.446. The maximum Gasteiger partial charge on any atom is 0.191 e. The van der Waals surface area contributed by atoms with Gasteiger partial charge in [0.05, 0.1) is 16.3 Å². The topological polar surface area (TPSA) is 62.1 Å². The largest absolute Gasteiger partial charge is 0.299 e. The van der Waals surface area contributed by atoms with E-state index in [0.29, 0.717) is 5.92 Å². The molecule has 0 unspecified atom stereocenters. The van der Waals surface area contributed by atoms with Crippen LogP contribution in [-0.4, -0.2) is 42.6 Å². The van der Waals surface area contributed by atoms with Gasteiger partial charge in [-0.25, -0.2) is 9.97 Å². The predicted molar refractivity (Wildman–Crippen MR) is 153 cm³/mol. The molecule has 1 fully saturated rings. The lowest BCUT2D eigenvalue weighted by Gasteiger charge is -2.30. The van der Waals surface area contributed by atoms with Crippen molar-refractivity contribution in [2.24, 2.45) is 0 Å². The first kappa shape index (κ1) is 23.1. The molecule has 6 nitrogen and oxygen atoms in total. The Morgan fingerprint density at radius 2 is 1.63 bits per heavy atom. The van der Waals surface area contributed by atoms with Gasteiger partial charge in [-0.15, -0.1) is 11.3 Å². The summed E-state index contributed by atoms with van der Waals surface area (Å²) in [7, 11) is 0. The fourth-order valence-corrected chi connectivity index (χ4v) is 6.09. The molecule has 7 rings (SSSR count). The number of rotatable bonds is 6. The summed E-state index contributed by atoms with van der Waals surface area (Å²) < 4.78 is 2.18. The monoisotopic (exact) mass is 516 g/mol. The zero-order valence-electron chi connectivity index (χ0n) is 21.0. The second-order valence-corrected chi connectivity index (χ2v) is 10.8. The van der Waals surface area contributed by atoms with Gasteiger partial charge in [0.1, 0.15) is 11.5 Å². The lowest BCUT2D eigenvalue weighted by Crippen LogP contribution is -2.32. The molecule has 0 saturated carbocycles. The Morgan fingerprint density at radius 3 is 2.42 bits per heavy atom. The number of aromatic nitrogens is 5. The molecular formula is C31H28N6S. The van der Waals surface area contributed by atoms with Crippen LogP contribution in [0.2, 0.25) is 0 Å². The van der Waals surface area contributed by atoms with Gasteiger partial charge in [0.2, 0.25) is 0 Å². The maximum absolute atomic E-state index is 5.00. The maximum atomic E-state index is 5.00. The number of pyridine rings is 1. The van der Waals surface area contributed by atoms with E-state index in [1.54, 1.807) is 11.3 Å². The molecule has 1 aliphatic rings. The first-order chi connectivity index (χ1) is 18.8. The summed E-state index contributed by atoms with van der Waals surface area (Å²) in [6.07, 6.45) is 4.28. The third-order valence-electron chi connectivity index (χ3n) is 7.43. The van der Waals surface area contributed by atoms with Crippen LogP contribution in [0.1, 0.15) is 30.1 Å². The Balaban J connectivity index is 1.05. The van der Waals surface area contributed by atoms with Crippen molar-refractivity contribution in [1.29, 1.82) is 0 Å². The zero-order valence-corrected chi connectivity index (χ0v) is 21.8. The Morgan fingerprint density at radius 1 is 0.816 bits per heavy atom. The summed E-state index contributed by atoms with van der Waals surface area (Å²) in [6.45, 7) is 3.08. The van der Waals surface area contributed by atoms with E-state index in [4.69, 9.17) is 9.97 Å². The minimum Gasteiger partial charge on any atom is -0.299 e. The SMILES string of the molecule is c1ccc(-c2c(-c3ccc(CN4CCC(c5nc(-c6cccs6)n[nH]5)CC4)cc3)nc3ccccn23)cc1. The number of hydrogen-bond donors (Lipinski definition) is 1. The van der Waals surface area contributed by atoms with Gasteiger partial charge in [0, 0.05) is 29.8 Å². The number of fused-ring (bicyclic) bond motifs is 1. The molecule has 0 radical (unpaired) electrons. The molecule has 6 aromatic rings. The number of imidazole rings is 1. The van der Waals surface area contributed by atoms with Crippen molar-refractivity contribution in [2.45, 2.75) is 25.3 Å². The molecule has 1 saturated heterocycles. The molecule has 38 heavy (non-hydrogen) atoms. The molecule has 188 valence electrons. The molecule has 7 heteroatoms. The van der Waals surface area contributed by atoms with E-state index in [2.05, 4.69) is 104 Å². The molecule has 4 aromatic heterocycles. The van der Waals surface area contributed by atoms with Gasteiger partial charge >= 0.3 is 0 Å². The molecule has 2 aromatic carbocycles. The standard InChI is InChI=1S/C31H28N6S/c1-2-7-24(8-3-1)29-28(32-27-10-4-5-17-37(27)29)23-13-11-22(12-14-23)21-36-18-15-25(16-19-36)30-33-31(35-34-30)26-9-6-20-38-26/h1-14,17,20,25H,15-16,18-19,21H2,(H,33,34,35). The molecule has 1 N–H and O–H groups in total. The molecule has 0 spiro atoms. The van der Waals surface area contributed by atoms with Gasteiger partial charge in [-0.3, -0.25) is 14.4 Å². The van der Waals surface area contributed by atoms with Crippen LogP contribution in [0.25, 0.3) is 38.9 Å². The lowest BCUT2D eigenvalue weighted by molar-refractivity contribution is 0.202. The fourth-order valence-electron chi connectivity index (χ4n) is 5.43. The van der Waals surface area contributed by atoms with Gasteiger partial charge in [0.15, 0.2) is 5.82 Å². The van der Waals surface area contributed by atoms with Gasteiger partial charge < -0.3 is 0 Å². The van der Waals surface area contributed by atoms with E-state index in [1.165, 1.54) is 11.1 Å². The van der Waals surface area contributed by atoms with Crippen molar-refractivity contribution in [3.63, 3.8) is 0 Å². The van der Waals surface area contributed by atoms with E-state index in [1.807, 2.05) is 12.1 Å². The van der Waals surface area contributed by atoms with Crippen LogP contribution < -0.4 is 0 Å². The van der Waals surface area contributed by atoms with Crippen LogP contribution in [0.15, 0.2) is 96.5 Å². The number of piperidine rings is 1. The van der Waals surface area contributed by atoms with Gasteiger partial charge in [-0.1, -0.05) is 66.7 Å². The molecule has 5 heterocycles. The molecule has 0 atom stereocenters. The van der Waals surface area contributed by atoms with E-state index in [9.17, 15) is 0 Å². The highest BCUT2D eigenvalue weighted by atomic mass is 32.1. The Bertz CT molecular complexity index is 1640. The van der Waals surface area contributed by atoms with Crippen molar-refractivity contribution in [3.05, 3.63) is 108 Å². The number of benzene rings is 2. The van der Waals surface area contributed by atoms with Crippen molar-refractivity contribution in [2.75, 3.05) is 13.1 Å². The minimum absolute atomic E-state index is 0.446. The van der Waals surface area contributed by atoms with Crippen molar-refractivity contribution in [1.82, 2.24) is 29.5 Å². The summed E-state index contributed by atoms with van der Waals surface area (Å²) in [5.74, 6) is 2.29. The van der Waals surface area contributed by atoms with Crippen LogP contribution in [-0.2, 0) is 6.54 Å². The van der Waals surface area contributed by atoms with E-state index in [-0.39, 0.29) is 0 Å². The molecule has 0 amide bonds. The Hall–Kier alpha value is -4.07. The van der Waals surface area contributed by atoms with Crippen LogP contribution in [0, 0.1) is 0 Å². The van der Waals surface area contributed by atoms with Crippen LogP contribution in [0.5, 0.6) is 0 Å². The molecule has 0 aliphatic carbocycles. The highest BCUT2D eigenvalue weighted by molar-refractivity contribution is 7.13. The summed E-state index contributed by atoms with van der Waals surface area (Å²) in [5, 5.41) is 9.71. The molecular weight excluding hydrogens is 488 g/mol. The quantitative estimate of drug-likeness (QED) is 0.262. The second kappa shape index (κ2) is 10.0. The normalized spacial score (nSPS) is 14.8. The highest BCUT2D eigenvalue weighted by Crippen LogP contribution is 2.33. The van der Waals surface area contributed by atoms with E-state index in [0.717, 1.165) is 71.6 Å². The van der Waals surface area contributed by atoms with Crippen LogP contribution in [0.4, 0.5) is 0 Å². The van der Waals surface area contributed by atoms with Crippen LogP contribution in [0.3, 0.4) is 0 Å². The number of thiophene rings is 1. The van der Waals surface area contributed by atoms with Crippen molar-refractivity contribution < 1.29 is 0 Å². The van der Waals surface area contributed by atoms with Gasteiger partial charge in [-0.05, 0) is 55.1 Å². The Kier molecular flexibility index (Phi) is 6.08. The number of nitrogens with one attached hydrogen (secondary N) is 1. The van der Waals surface area contributed by atoms with E-state index >= 15 is 0 Å². The van der Waals surface area contributed by atoms with Crippen molar-refractivity contribution in [3.8, 4) is 33.2 Å². The van der Waals surface area contributed by atoms with Crippen molar-refractivity contribution >= 4 is 17.0 Å². The van der Waals surface area contributed by atoms with Gasteiger partial charge in [0.25, 0.3) is 0 Å². The first-order valence-electron chi connectivity index (χ1n) is 13.1. The average molecular weight is 517 g/mol. The summed E-state index contributed by atoms with van der Waals surface area (Å²) in [4.78, 5) is 13.4. The number of aromatic amines is 1. The molecule has 0 bridgehead atoms. The smallest absolute Gasteiger partial charge is 0.191 e. The average Bonchev–Trinajstić information content (AvgIpc) is 3.74. The highest BCUT2D eigenvalue weighted by Gasteiger charge is 2.24. The van der Waals surface area contributed by atoms with Crippen LogP contribution >= 0.6 is 11.3 Å². The zero-order chi connectivity index (χ0) is 25.3. The predicted octanol–water partition coefficient (Wildman–Crippen LogP) is 6.89. The number of H-pyrrole nitrogens is 1. The second-order valence-electron chi connectivity index (χ2n) is 9.87. The third-order valence-corrected chi connectivity index (χ3v) is 8.30. The number of hydrogen-bond acceptors (Lipinski definition) is 5. The summed E-state index contributed by atoms with van der Waals surface area (Å²) in [6, 6.07) is 29.7. The first-order valence-corrected chi connectivity index (χ1v) is 14.0. The van der Waals surface area contributed by atoms with E-state index < -0.39 is 0 Å². The molecule has 1 aliphatic heterocycles. The third kappa shape index (κ3) is 4.44. The summed E-state index contributed by atoms with van der Waals surface area (Å²) >= 11 is 1.68. The number of nitrogens with zero attached hydrogens (tertiary/aromatic N) is 5. The van der Waals surface area contributed by atoms with Gasteiger partial charge in [-0.2, -0.15) is 5.10 Å². The number of likely N-dealkylation sites (tertiary alicyclic amines) is 1. The lowest BCUT2D eigenvalue weighted by atomic mass is 9.95. The summed E-state index contributed by atoms with van der Waals surface area (Å²) in [5.41, 5.74) is 6.75. The fraction of sp³-hybridized carbons (Fsp3) is 0.194.